The summed E-state index contributed by atoms with van der Waals surface area (Å²) in [6, 6.07) is 22.4. The van der Waals surface area contributed by atoms with Crippen LogP contribution in [0.2, 0.25) is 5.02 Å². The van der Waals surface area contributed by atoms with Gasteiger partial charge in [0, 0.05) is 26.2 Å². The summed E-state index contributed by atoms with van der Waals surface area (Å²) in [5, 5.41) is 1.38. The van der Waals surface area contributed by atoms with Crippen LogP contribution in [0.15, 0.2) is 66.7 Å². The predicted octanol–water partition coefficient (Wildman–Crippen LogP) is 6.25. The van der Waals surface area contributed by atoms with E-state index >= 15 is 0 Å². The van der Waals surface area contributed by atoms with Crippen molar-refractivity contribution in [2.75, 3.05) is 44.3 Å². The Hall–Kier alpha value is -2.48. The lowest BCUT2D eigenvalue weighted by Gasteiger charge is -2.29. The Labute approximate surface area is 227 Å². The molecule has 1 fully saturated rings. The third-order valence-electron chi connectivity index (χ3n) is 6.38. The molecule has 8 heteroatoms. The van der Waals surface area contributed by atoms with Gasteiger partial charge in [0.1, 0.15) is 0 Å². The van der Waals surface area contributed by atoms with Crippen LogP contribution >= 0.6 is 35.3 Å². The zero-order valence-corrected chi connectivity index (χ0v) is 22.5. The van der Waals surface area contributed by atoms with Gasteiger partial charge in [0.25, 0.3) is 0 Å². The van der Waals surface area contributed by atoms with Gasteiger partial charge in [0.15, 0.2) is 5.13 Å². The van der Waals surface area contributed by atoms with Crippen molar-refractivity contribution in [2.45, 2.75) is 13.3 Å². The van der Waals surface area contributed by atoms with Crippen molar-refractivity contribution >= 4 is 56.6 Å². The van der Waals surface area contributed by atoms with Crippen LogP contribution in [-0.4, -0.2) is 55.2 Å². The third-order valence-corrected chi connectivity index (χ3v) is 7.92. The number of aryl methyl sites for hydroxylation is 1. The first-order chi connectivity index (χ1) is 17.1. The normalized spacial score (nSPS) is 13.9. The van der Waals surface area contributed by atoms with Crippen LogP contribution in [0.25, 0.3) is 21.3 Å². The van der Waals surface area contributed by atoms with E-state index in [1.165, 1.54) is 16.9 Å². The number of hydrogen-bond acceptors (Lipinski definition) is 5. The fraction of sp³-hybridized carbons (Fsp3) is 0.286. The highest BCUT2D eigenvalue weighted by Crippen LogP contribution is 2.36. The average Bonchev–Trinajstić information content (AvgIpc) is 3.35. The molecule has 0 N–H and O–H groups in total. The second kappa shape index (κ2) is 12.2. The molecule has 2 heterocycles. The molecule has 1 aromatic heterocycles. The Balaban J connectivity index is 0.00000304. The summed E-state index contributed by atoms with van der Waals surface area (Å²) in [6.45, 7) is 6.62. The van der Waals surface area contributed by atoms with Crippen molar-refractivity contribution in [1.82, 2.24) is 9.88 Å². The molecule has 1 aliphatic rings. The number of thiazole rings is 1. The van der Waals surface area contributed by atoms with Gasteiger partial charge < -0.3 is 4.74 Å². The Morgan fingerprint density at radius 2 is 1.72 bits per heavy atom. The Morgan fingerprint density at radius 1 is 1.03 bits per heavy atom. The highest BCUT2D eigenvalue weighted by Gasteiger charge is 2.23. The Bertz CT molecular complexity index is 1270. The number of fused-ring (bicyclic) bond motifs is 1. The summed E-state index contributed by atoms with van der Waals surface area (Å²) in [4.78, 5) is 22.6. The minimum Gasteiger partial charge on any atom is -0.379 e. The number of carbonyl (C=O) groups excluding carboxylic acids is 1. The summed E-state index contributed by atoms with van der Waals surface area (Å²) < 4.78 is 6.41. The predicted molar refractivity (Wildman–Crippen MR) is 152 cm³/mol. The van der Waals surface area contributed by atoms with Crippen LogP contribution in [0.1, 0.15) is 11.1 Å². The maximum atomic E-state index is 13.6. The number of halogens is 2. The molecule has 36 heavy (non-hydrogen) atoms. The lowest BCUT2D eigenvalue weighted by Crippen LogP contribution is -2.43. The van der Waals surface area contributed by atoms with Crippen molar-refractivity contribution < 1.29 is 9.53 Å². The van der Waals surface area contributed by atoms with Crippen molar-refractivity contribution in [3.8, 4) is 11.1 Å². The average molecular weight is 543 g/mol. The standard InChI is InChI=1S/C28H28ClN3O2S.ClH/c1-20-7-12-24(29)27-26(20)30-28(35-27)32(14-13-31-15-17-34-18-16-31)25(33)19-21-8-10-23(11-9-21)22-5-3-2-4-6-22;/h2-12H,13-19H2,1H3;1H. The van der Waals surface area contributed by atoms with E-state index in [1.807, 2.05) is 54.3 Å². The van der Waals surface area contributed by atoms with Crippen LogP contribution in [-0.2, 0) is 16.0 Å². The molecule has 0 radical (unpaired) electrons. The summed E-state index contributed by atoms with van der Waals surface area (Å²) in [5.41, 5.74) is 5.22. The number of benzene rings is 3. The van der Waals surface area contributed by atoms with Crippen molar-refractivity contribution in [1.29, 1.82) is 0 Å². The van der Waals surface area contributed by atoms with Gasteiger partial charge in [-0.2, -0.15) is 0 Å². The molecule has 0 spiro atoms. The molecule has 188 valence electrons. The molecule has 0 bridgehead atoms. The molecule has 0 atom stereocenters. The summed E-state index contributed by atoms with van der Waals surface area (Å²) in [7, 11) is 0. The van der Waals surface area contributed by atoms with Crippen LogP contribution in [0.4, 0.5) is 5.13 Å². The second-order valence-electron chi connectivity index (χ2n) is 8.78. The molecule has 1 aliphatic heterocycles. The van der Waals surface area contributed by atoms with Gasteiger partial charge in [-0.15, -0.1) is 12.4 Å². The summed E-state index contributed by atoms with van der Waals surface area (Å²) >= 11 is 7.96. The Kier molecular flexibility index (Phi) is 8.99. The molecule has 5 rings (SSSR count). The maximum absolute atomic E-state index is 13.6. The number of amides is 1. The molecule has 0 unspecified atom stereocenters. The second-order valence-corrected chi connectivity index (χ2v) is 10.2. The monoisotopic (exact) mass is 541 g/mol. The van der Waals surface area contributed by atoms with Crippen molar-refractivity contribution in [2.24, 2.45) is 0 Å². The van der Waals surface area contributed by atoms with Crippen molar-refractivity contribution in [3.05, 3.63) is 82.9 Å². The lowest BCUT2D eigenvalue weighted by atomic mass is 10.0. The molecule has 3 aromatic carbocycles. The fourth-order valence-corrected chi connectivity index (χ4v) is 5.68. The zero-order chi connectivity index (χ0) is 24.2. The topological polar surface area (TPSA) is 45.7 Å². The molecular weight excluding hydrogens is 513 g/mol. The van der Waals surface area contributed by atoms with Crippen LogP contribution in [0.5, 0.6) is 0 Å². The van der Waals surface area contributed by atoms with Gasteiger partial charge in [0.05, 0.1) is 34.9 Å². The highest BCUT2D eigenvalue weighted by molar-refractivity contribution is 7.23. The van der Waals surface area contributed by atoms with Gasteiger partial charge in [-0.05, 0) is 35.2 Å². The third kappa shape index (κ3) is 6.07. The first-order valence-corrected chi connectivity index (χ1v) is 13.1. The molecule has 1 saturated heterocycles. The largest absolute Gasteiger partial charge is 0.379 e. The van der Waals surface area contributed by atoms with E-state index in [1.54, 1.807) is 0 Å². The minimum absolute atomic E-state index is 0. The molecule has 1 amide bonds. The highest BCUT2D eigenvalue weighted by atomic mass is 35.5. The SMILES string of the molecule is Cc1ccc(Cl)c2sc(N(CCN3CCOCC3)C(=O)Cc3ccc(-c4ccccc4)cc3)nc12.Cl. The van der Waals surface area contributed by atoms with E-state index in [2.05, 4.69) is 29.2 Å². The molecule has 4 aromatic rings. The maximum Gasteiger partial charge on any atom is 0.233 e. The first-order valence-electron chi connectivity index (χ1n) is 11.9. The van der Waals surface area contributed by atoms with E-state index in [-0.39, 0.29) is 18.3 Å². The van der Waals surface area contributed by atoms with E-state index in [4.69, 9.17) is 21.3 Å². The first kappa shape index (κ1) is 26.6. The molecule has 5 nitrogen and oxygen atoms in total. The van der Waals surface area contributed by atoms with E-state index in [0.29, 0.717) is 23.1 Å². The molecule has 0 saturated carbocycles. The summed E-state index contributed by atoms with van der Waals surface area (Å²) in [5.74, 6) is 0.0403. The van der Waals surface area contributed by atoms with Crippen LogP contribution < -0.4 is 4.90 Å². The number of carbonyl (C=O) groups is 1. The van der Waals surface area contributed by atoms with Gasteiger partial charge in [0.2, 0.25) is 5.91 Å². The van der Waals surface area contributed by atoms with Gasteiger partial charge in [-0.1, -0.05) is 83.6 Å². The van der Waals surface area contributed by atoms with E-state index in [9.17, 15) is 4.79 Å². The Morgan fingerprint density at radius 3 is 2.42 bits per heavy atom. The smallest absolute Gasteiger partial charge is 0.233 e. The summed E-state index contributed by atoms with van der Waals surface area (Å²) in [6.07, 6.45) is 0.320. The number of rotatable bonds is 7. The quantitative estimate of drug-likeness (QED) is 0.277. The number of anilines is 1. The number of ether oxygens (including phenoxy) is 1. The molecule has 0 aliphatic carbocycles. The van der Waals surface area contributed by atoms with Gasteiger partial charge in [-0.3, -0.25) is 14.6 Å². The zero-order valence-electron chi connectivity index (χ0n) is 20.2. The lowest BCUT2D eigenvalue weighted by molar-refractivity contribution is -0.118. The van der Waals surface area contributed by atoms with Gasteiger partial charge >= 0.3 is 0 Å². The van der Waals surface area contributed by atoms with Gasteiger partial charge in [-0.25, -0.2) is 4.98 Å². The number of hydrogen-bond donors (Lipinski definition) is 0. The van der Waals surface area contributed by atoms with Crippen LogP contribution in [0.3, 0.4) is 0 Å². The van der Waals surface area contributed by atoms with E-state index in [0.717, 1.165) is 59.8 Å². The number of nitrogens with zero attached hydrogens (tertiary/aromatic N) is 3. The van der Waals surface area contributed by atoms with Crippen molar-refractivity contribution in [3.63, 3.8) is 0 Å². The van der Waals surface area contributed by atoms with E-state index < -0.39 is 0 Å². The number of morpholine rings is 1. The minimum atomic E-state index is 0. The fourth-order valence-electron chi connectivity index (χ4n) is 4.32. The van der Waals surface area contributed by atoms with Crippen LogP contribution in [0, 0.1) is 6.92 Å². The number of aromatic nitrogens is 1. The molecular formula is C28H29Cl2N3O2S.